The van der Waals surface area contributed by atoms with Gasteiger partial charge in [0.05, 0.1) is 17.8 Å². The Hall–Kier alpha value is -1.46. The van der Waals surface area contributed by atoms with Gasteiger partial charge in [-0.25, -0.2) is 0 Å². The van der Waals surface area contributed by atoms with E-state index in [-0.39, 0.29) is 12.3 Å². The first-order chi connectivity index (χ1) is 11.6. The molecule has 0 bridgehead atoms. The van der Waals surface area contributed by atoms with Gasteiger partial charge in [-0.1, -0.05) is 38.2 Å². The summed E-state index contributed by atoms with van der Waals surface area (Å²) in [7, 11) is 0. The molecular weight excluding hydrogens is 302 g/mol. The fourth-order valence-electron chi connectivity index (χ4n) is 4.25. The number of aliphatic hydroxyl groups excluding tert-OH is 1. The first-order valence-corrected chi connectivity index (χ1v) is 9.28. The molecule has 3 unspecified atom stereocenters. The Kier molecular flexibility index (Phi) is 5.85. The molecule has 0 spiro atoms. The molecule has 1 saturated carbocycles. The van der Waals surface area contributed by atoms with Crippen molar-refractivity contribution in [2.24, 2.45) is 17.6 Å². The number of carbonyl (C=O) groups is 1. The summed E-state index contributed by atoms with van der Waals surface area (Å²) < 4.78 is 0. The second-order valence-electron chi connectivity index (χ2n) is 7.34. The van der Waals surface area contributed by atoms with Crippen molar-refractivity contribution in [3.05, 3.63) is 30.1 Å². The lowest BCUT2D eigenvalue weighted by atomic mass is 9.80. The third kappa shape index (κ3) is 4.14. The minimum absolute atomic E-state index is 0.0247. The van der Waals surface area contributed by atoms with Crippen LogP contribution in [0.5, 0.6) is 0 Å². The van der Waals surface area contributed by atoms with E-state index < -0.39 is 12.1 Å². The van der Waals surface area contributed by atoms with Crippen LogP contribution in [0.15, 0.2) is 24.4 Å². The number of aromatic nitrogens is 1. The van der Waals surface area contributed by atoms with E-state index in [4.69, 9.17) is 5.73 Å². The van der Waals surface area contributed by atoms with Gasteiger partial charge in [-0.2, -0.15) is 0 Å². The molecule has 2 aliphatic rings. The van der Waals surface area contributed by atoms with Gasteiger partial charge in [0.25, 0.3) is 0 Å². The number of likely N-dealkylation sites (tertiary alicyclic amines) is 1. The highest BCUT2D eigenvalue weighted by molar-refractivity contribution is 5.82. The number of aliphatic hydroxyl groups is 1. The number of hydrogen-bond donors (Lipinski definition) is 2. The van der Waals surface area contributed by atoms with Gasteiger partial charge in [0, 0.05) is 25.7 Å². The third-order valence-electron chi connectivity index (χ3n) is 5.68. The van der Waals surface area contributed by atoms with Crippen LogP contribution in [0.25, 0.3) is 0 Å². The number of hydrogen-bond acceptors (Lipinski definition) is 4. The molecule has 24 heavy (non-hydrogen) atoms. The lowest BCUT2D eigenvalue weighted by Gasteiger charge is -2.28. The van der Waals surface area contributed by atoms with Gasteiger partial charge in [-0.05, 0) is 30.4 Å². The van der Waals surface area contributed by atoms with E-state index in [0.29, 0.717) is 11.6 Å². The van der Waals surface area contributed by atoms with Crippen molar-refractivity contribution in [1.82, 2.24) is 9.88 Å². The van der Waals surface area contributed by atoms with Crippen LogP contribution < -0.4 is 5.73 Å². The maximum absolute atomic E-state index is 12.6. The van der Waals surface area contributed by atoms with Crippen LogP contribution in [0, 0.1) is 11.8 Å². The molecule has 5 heteroatoms. The van der Waals surface area contributed by atoms with Crippen LogP contribution in [0.2, 0.25) is 0 Å². The van der Waals surface area contributed by atoms with E-state index in [0.717, 1.165) is 25.4 Å². The molecule has 132 valence electrons. The van der Waals surface area contributed by atoms with Crippen molar-refractivity contribution in [3.63, 3.8) is 0 Å². The molecule has 1 aliphatic heterocycles. The zero-order chi connectivity index (χ0) is 16.9. The molecule has 0 aromatic carbocycles. The third-order valence-corrected chi connectivity index (χ3v) is 5.68. The van der Waals surface area contributed by atoms with Crippen molar-refractivity contribution in [1.29, 1.82) is 0 Å². The second-order valence-corrected chi connectivity index (χ2v) is 7.34. The van der Waals surface area contributed by atoms with Crippen molar-refractivity contribution >= 4 is 5.91 Å². The zero-order valence-corrected chi connectivity index (χ0v) is 14.3. The molecule has 3 rings (SSSR count). The SMILES string of the molecule is NC(CC(O)c1ccccn1)C(=O)N1CCC(C2CCCCC2)C1. The molecule has 2 heterocycles. The van der Waals surface area contributed by atoms with E-state index >= 15 is 0 Å². The van der Waals surface area contributed by atoms with Crippen LogP contribution >= 0.6 is 0 Å². The first kappa shape index (κ1) is 17.4. The standard InChI is InChI=1S/C19H29N3O2/c20-16(12-18(23)17-8-4-5-10-21-17)19(24)22-11-9-15(13-22)14-6-2-1-3-7-14/h4-5,8,10,14-16,18,23H,1-3,6-7,9,11-13,20H2. The topological polar surface area (TPSA) is 79.5 Å². The lowest BCUT2D eigenvalue weighted by molar-refractivity contribution is -0.132. The monoisotopic (exact) mass is 331 g/mol. The molecule has 1 aromatic rings. The number of carbonyl (C=O) groups excluding carboxylic acids is 1. The number of nitrogens with two attached hydrogens (primary N) is 1. The molecule has 2 fully saturated rings. The van der Waals surface area contributed by atoms with Gasteiger partial charge < -0.3 is 15.7 Å². The van der Waals surface area contributed by atoms with Crippen molar-refractivity contribution in [2.75, 3.05) is 13.1 Å². The predicted molar refractivity (Wildman–Crippen MR) is 93.1 cm³/mol. The lowest BCUT2D eigenvalue weighted by Crippen LogP contribution is -2.43. The van der Waals surface area contributed by atoms with Crippen LogP contribution in [-0.4, -0.2) is 40.0 Å². The number of pyridine rings is 1. The van der Waals surface area contributed by atoms with Gasteiger partial charge >= 0.3 is 0 Å². The molecule has 5 nitrogen and oxygen atoms in total. The predicted octanol–water partition coefficient (Wildman–Crippen LogP) is 2.26. The smallest absolute Gasteiger partial charge is 0.239 e. The Morgan fingerprint density at radius 1 is 1.25 bits per heavy atom. The van der Waals surface area contributed by atoms with E-state index in [1.165, 1.54) is 32.1 Å². The van der Waals surface area contributed by atoms with Crippen molar-refractivity contribution in [2.45, 2.75) is 57.1 Å². The highest BCUT2D eigenvalue weighted by atomic mass is 16.3. The van der Waals surface area contributed by atoms with Gasteiger partial charge in [-0.15, -0.1) is 0 Å². The minimum atomic E-state index is -0.790. The summed E-state index contributed by atoms with van der Waals surface area (Å²) in [5.41, 5.74) is 6.65. The van der Waals surface area contributed by atoms with Gasteiger partial charge in [0.2, 0.25) is 5.91 Å². The normalized spacial score (nSPS) is 24.8. The van der Waals surface area contributed by atoms with E-state index in [2.05, 4.69) is 4.98 Å². The molecule has 1 aliphatic carbocycles. The van der Waals surface area contributed by atoms with Crippen LogP contribution in [0.3, 0.4) is 0 Å². The summed E-state index contributed by atoms with van der Waals surface area (Å²) in [6.45, 7) is 1.66. The van der Waals surface area contributed by atoms with Crippen LogP contribution in [-0.2, 0) is 4.79 Å². The average molecular weight is 331 g/mol. The molecule has 3 atom stereocenters. The summed E-state index contributed by atoms with van der Waals surface area (Å²) in [5.74, 6) is 1.40. The summed E-state index contributed by atoms with van der Waals surface area (Å²) in [6.07, 6.45) is 8.85. The highest BCUT2D eigenvalue weighted by Gasteiger charge is 2.34. The Labute approximate surface area is 144 Å². The van der Waals surface area contributed by atoms with Crippen molar-refractivity contribution < 1.29 is 9.90 Å². The van der Waals surface area contributed by atoms with E-state index in [1.807, 2.05) is 11.0 Å². The first-order valence-electron chi connectivity index (χ1n) is 9.28. The quantitative estimate of drug-likeness (QED) is 0.867. The van der Waals surface area contributed by atoms with Crippen LogP contribution in [0.4, 0.5) is 0 Å². The van der Waals surface area contributed by atoms with Crippen molar-refractivity contribution in [3.8, 4) is 0 Å². The fraction of sp³-hybridized carbons (Fsp3) is 0.684. The highest BCUT2D eigenvalue weighted by Crippen LogP contribution is 2.35. The molecular formula is C19H29N3O2. The zero-order valence-electron chi connectivity index (χ0n) is 14.3. The number of rotatable bonds is 5. The Morgan fingerprint density at radius 2 is 2.04 bits per heavy atom. The van der Waals surface area contributed by atoms with E-state index in [1.54, 1.807) is 18.3 Å². The van der Waals surface area contributed by atoms with E-state index in [9.17, 15) is 9.90 Å². The van der Waals surface area contributed by atoms with Crippen LogP contribution in [0.1, 0.15) is 56.7 Å². The Morgan fingerprint density at radius 3 is 2.75 bits per heavy atom. The second kappa shape index (κ2) is 8.08. The summed E-state index contributed by atoms with van der Waals surface area (Å²) in [4.78, 5) is 18.7. The maximum atomic E-state index is 12.6. The average Bonchev–Trinajstić information content (AvgIpc) is 3.12. The molecule has 0 radical (unpaired) electrons. The summed E-state index contributed by atoms with van der Waals surface area (Å²) >= 11 is 0. The summed E-state index contributed by atoms with van der Waals surface area (Å²) in [6, 6.07) is 4.73. The fourth-order valence-corrected chi connectivity index (χ4v) is 4.25. The molecule has 1 saturated heterocycles. The van der Waals surface area contributed by atoms with Gasteiger partial charge in [-0.3, -0.25) is 9.78 Å². The molecule has 1 aromatic heterocycles. The molecule has 1 amide bonds. The van der Waals surface area contributed by atoms with Gasteiger partial charge in [0.1, 0.15) is 0 Å². The Bertz CT molecular complexity index is 531. The molecule has 3 N–H and O–H groups in total. The minimum Gasteiger partial charge on any atom is -0.387 e. The van der Waals surface area contributed by atoms with Gasteiger partial charge in [0.15, 0.2) is 0 Å². The Balaban J connectivity index is 1.50. The summed E-state index contributed by atoms with van der Waals surface area (Å²) in [5, 5.41) is 10.2. The number of nitrogens with zero attached hydrogens (tertiary/aromatic N) is 2. The maximum Gasteiger partial charge on any atom is 0.239 e. The number of amides is 1. The largest absolute Gasteiger partial charge is 0.387 e.